The summed E-state index contributed by atoms with van der Waals surface area (Å²) in [5.74, 6) is 1.07. The van der Waals surface area contributed by atoms with Crippen LogP contribution in [0.2, 0.25) is 0 Å². The van der Waals surface area contributed by atoms with Gasteiger partial charge in [0, 0.05) is 0 Å². The molecule has 0 radical (unpaired) electrons. The molecule has 2 nitrogen and oxygen atoms in total. The van der Waals surface area contributed by atoms with Crippen molar-refractivity contribution in [1.29, 1.82) is 0 Å². The van der Waals surface area contributed by atoms with Gasteiger partial charge in [0.1, 0.15) is 6.10 Å². The first kappa shape index (κ1) is 6.87. The SMILES string of the molecule is CC1N=C(CCl)OC1C. The van der Waals surface area contributed by atoms with E-state index in [1.807, 2.05) is 13.8 Å². The molecule has 0 saturated heterocycles. The van der Waals surface area contributed by atoms with Crippen molar-refractivity contribution >= 4 is 17.5 Å². The summed E-state index contributed by atoms with van der Waals surface area (Å²) >= 11 is 5.48. The number of halogens is 1. The van der Waals surface area contributed by atoms with Gasteiger partial charge in [0.05, 0.1) is 11.9 Å². The van der Waals surface area contributed by atoms with E-state index in [1.165, 1.54) is 0 Å². The molecule has 1 aliphatic heterocycles. The van der Waals surface area contributed by atoms with Crippen molar-refractivity contribution in [3.8, 4) is 0 Å². The molecule has 1 rings (SSSR count). The molecule has 0 aromatic heterocycles. The fourth-order valence-electron chi connectivity index (χ4n) is 0.742. The lowest BCUT2D eigenvalue weighted by Crippen LogP contribution is -2.14. The standard InChI is InChI=1S/C6H10ClNO/c1-4-5(2)9-6(3-7)8-4/h4-5H,3H2,1-2H3. The average Bonchev–Trinajstić information content (AvgIpc) is 2.13. The Balaban J connectivity index is 2.52. The molecule has 52 valence electrons. The maximum Gasteiger partial charge on any atom is 0.199 e. The summed E-state index contributed by atoms with van der Waals surface area (Å²) in [6.45, 7) is 4.01. The van der Waals surface area contributed by atoms with Crippen molar-refractivity contribution in [1.82, 2.24) is 0 Å². The highest BCUT2D eigenvalue weighted by atomic mass is 35.5. The summed E-state index contributed by atoms with van der Waals surface area (Å²) in [5.41, 5.74) is 0. The monoisotopic (exact) mass is 147 g/mol. The van der Waals surface area contributed by atoms with E-state index in [1.54, 1.807) is 0 Å². The van der Waals surface area contributed by atoms with Gasteiger partial charge in [-0.1, -0.05) is 0 Å². The number of rotatable bonds is 1. The summed E-state index contributed by atoms with van der Waals surface area (Å²) in [5, 5.41) is 0. The van der Waals surface area contributed by atoms with Gasteiger partial charge < -0.3 is 4.74 Å². The second-order valence-corrected chi connectivity index (χ2v) is 2.49. The third-order valence-corrected chi connectivity index (χ3v) is 1.69. The maximum absolute atomic E-state index is 5.48. The highest BCUT2D eigenvalue weighted by Crippen LogP contribution is 2.12. The van der Waals surface area contributed by atoms with Crippen molar-refractivity contribution in [2.24, 2.45) is 4.99 Å². The minimum Gasteiger partial charge on any atom is -0.475 e. The number of aliphatic imine (C=N–C) groups is 1. The lowest BCUT2D eigenvalue weighted by molar-refractivity contribution is 0.217. The van der Waals surface area contributed by atoms with Crippen LogP contribution >= 0.6 is 11.6 Å². The molecule has 9 heavy (non-hydrogen) atoms. The summed E-state index contributed by atoms with van der Waals surface area (Å²) in [4.78, 5) is 4.15. The van der Waals surface area contributed by atoms with Gasteiger partial charge in [-0.3, -0.25) is 0 Å². The van der Waals surface area contributed by atoms with Crippen LogP contribution in [0, 0.1) is 0 Å². The number of ether oxygens (including phenoxy) is 1. The van der Waals surface area contributed by atoms with Crippen LogP contribution in [0.15, 0.2) is 4.99 Å². The third kappa shape index (κ3) is 1.36. The van der Waals surface area contributed by atoms with Gasteiger partial charge in [-0.15, -0.1) is 11.6 Å². The smallest absolute Gasteiger partial charge is 0.199 e. The number of hydrogen-bond donors (Lipinski definition) is 0. The quantitative estimate of drug-likeness (QED) is 0.515. The van der Waals surface area contributed by atoms with Gasteiger partial charge in [-0.25, -0.2) is 4.99 Å². The molecule has 0 N–H and O–H groups in total. The van der Waals surface area contributed by atoms with E-state index in [-0.39, 0.29) is 12.1 Å². The number of hydrogen-bond acceptors (Lipinski definition) is 2. The molecule has 1 heterocycles. The van der Waals surface area contributed by atoms with E-state index in [4.69, 9.17) is 16.3 Å². The van der Waals surface area contributed by atoms with Gasteiger partial charge >= 0.3 is 0 Å². The second kappa shape index (κ2) is 2.56. The Morgan fingerprint density at radius 3 is 2.56 bits per heavy atom. The molecule has 0 spiro atoms. The third-order valence-electron chi connectivity index (χ3n) is 1.46. The topological polar surface area (TPSA) is 21.6 Å². The van der Waals surface area contributed by atoms with Crippen LogP contribution < -0.4 is 0 Å². The average molecular weight is 148 g/mol. The molecular formula is C6H10ClNO. The van der Waals surface area contributed by atoms with E-state index in [2.05, 4.69) is 4.99 Å². The zero-order valence-electron chi connectivity index (χ0n) is 5.60. The van der Waals surface area contributed by atoms with Crippen LogP contribution in [0.3, 0.4) is 0 Å². The molecule has 0 aromatic carbocycles. The Bertz CT molecular complexity index is 135. The van der Waals surface area contributed by atoms with Crippen LogP contribution in [0.4, 0.5) is 0 Å². The van der Waals surface area contributed by atoms with E-state index < -0.39 is 0 Å². The first-order chi connectivity index (χ1) is 4.24. The largest absolute Gasteiger partial charge is 0.475 e. The predicted molar refractivity (Wildman–Crippen MR) is 38.2 cm³/mol. The van der Waals surface area contributed by atoms with Crippen molar-refractivity contribution in [3.05, 3.63) is 0 Å². The second-order valence-electron chi connectivity index (χ2n) is 2.22. The normalized spacial score (nSPS) is 33.9. The first-order valence-corrected chi connectivity index (χ1v) is 3.57. The predicted octanol–water partition coefficient (Wildman–Crippen LogP) is 1.43. The number of nitrogens with zero attached hydrogens (tertiary/aromatic N) is 1. The van der Waals surface area contributed by atoms with Crippen LogP contribution in [0.1, 0.15) is 13.8 Å². The highest BCUT2D eigenvalue weighted by molar-refractivity contribution is 6.27. The molecular weight excluding hydrogens is 138 g/mol. The maximum atomic E-state index is 5.48. The molecule has 0 aromatic rings. The van der Waals surface area contributed by atoms with Crippen molar-refractivity contribution in [2.75, 3.05) is 5.88 Å². The van der Waals surface area contributed by atoms with E-state index in [0.29, 0.717) is 11.8 Å². The van der Waals surface area contributed by atoms with Gasteiger partial charge in [-0.05, 0) is 13.8 Å². The Morgan fingerprint density at radius 2 is 2.33 bits per heavy atom. The van der Waals surface area contributed by atoms with Gasteiger partial charge in [-0.2, -0.15) is 0 Å². The fraction of sp³-hybridized carbons (Fsp3) is 0.833. The Kier molecular flexibility index (Phi) is 1.96. The molecule has 0 fully saturated rings. The van der Waals surface area contributed by atoms with Crippen LogP contribution in [-0.4, -0.2) is 23.9 Å². The molecule has 1 aliphatic rings. The zero-order chi connectivity index (χ0) is 6.85. The minimum atomic E-state index is 0.207. The van der Waals surface area contributed by atoms with Crippen LogP contribution in [0.25, 0.3) is 0 Å². The van der Waals surface area contributed by atoms with Crippen LogP contribution in [0.5, 0.6) is 0 Å². The van der Waals surface area contributed by atoms with Crippen molar-refractivity contribution in [2.45, 2.75) is 26.0 Å². The molecule has 2 unspecified atom stereocenters. The summed E-state index contributed by atoms with van der Waals surface area (Å²) in [6, 6.07) is 0.277. The molecule has 0 amide bonds. The highest BCUT2D eigenvalue weighted by Gasteiger charge is 2.21. The van der Waals surface area contributed by atoms with Crippen molar-refractivity contribution < 1.29 is 4.74 Å². The lowest BCUT2D eigenvalue weighted by Gasteiger charge is -2.05. The number of alkyl halides is 1. The Labute approximate surface area is 59.9 Å². The molecule has 0 aliphatic carbocycles. The fourth-order valence-corrected chi connectivity index (χ4v) is 0.874. The van der Waals surface area contributed by atoms with E-state index >= 15 is 0 Å². The Morgan fingerprint density at radius 1 is 1.67 bits per heavy atom. The molecule has 3 heteroatoms. The first-order valence-electron chi connectivity index (χ1n) is 3.03. The van der Waals surface area contributed by atoms with Crippen molar-refractivity contribution in [3.63, 3.8) is 0 Å². The molecule has 0 saturated carbocycles. The molecule has 2 atom stereocenters. The lowest BCUT2D eigenvalue weighted by atomic mass is 10.2. The van der Waals surface area contributed by atoms with E-state index in [0.717, 1.165) is 0 Å². The summed E-state index contributed by atoms with van der Waals surface area (Å²) in [6.07, 6.45) is 0.207. The van der Waals surface area contributed by atoms with Gasteiger partial charge in [0.25, 0.3) is 0 Å². The zero-order valence-corrected chi connectivity index (χ0v) is 6.35. The van der Waals surface area contributed by atoms with Crippen LogP contribution in [-0.2, 0) is 4.74 Å². The van der Waals surface area contributed by atoms with E-state index in [9.17, 15) is 0 Å². The van der Waals surface area contributed by atoms with Gasteiger partial charge in [0.2, 0.25) is 0 Å². The minimum absolute atomic E-state index is 0.207. The summed E-state index contributed by atoms with van der Waals surface area (Å²) < 4.78 is 5.24. The van der Waals surface area contributed by atoms with Gasteiger partial charge in [0.15, 0.2) is 5.90 Å². The molecule has 0 bridgehead atoms. The Hall–Kier alpha value is -0.240. The summed E-state index contributed by atoms with van der Waals surface area (Å²) in [7, 11) is 0.